The van der Waals surface area contributed by atoms with Crippen LogP contribution in [0.25, 0.3) is 0 Å². The molecule has 0 saturated heterocycles. The van der Waals surface area contributed by atoms with Crippen molar-refractivity contribution in [1.29, 1.82) is 0 Å². The molecule has 0 spiro atoms. The molecular formula is C32H60FN3O3. The van der Waals surface area contributed by atoms with E-state index in [1.165, 1.54) is 101 Å². The van der Waals surface area contributed by atoms with Crippen molar-refractivity contribution >= 4 is 5.97 Å². The molecule has 1 heterocycles. The van der Waals surface area contributed by atoms with Gasteiger partial charge in [-0.2, -0.15) is 0 Å². The van der Waals surface area contributed by atoms with E-state index < -0.39 is 24.3 Å². The number of aliphatic hydroxyl groups excluding tert-OH is 1. The molecule has 6 nitrogen and oxygen atoms in total. The molecule has 39 heavy (non-hydrogen) atoms. The number of halogens is 1. The van der Waals surface area contributed by atoms with Crippen molar-refractivity contribution in [2.45, 2.75) is 180 Å². The second kappa shape index (κ2) is 24.3. The van der Waals surface area contributed by atoms with Gasteiger partial charge in [0.05, 0.1) is 12.3 Å². The summed E-state index contributed by atoms with van der Waals surface area (Å²) < 4.78 is 21.5. The summed E-state index contributed by atoms with van der Waals surface area (Å²) in [5.74, 6) is -0.661. The van der Waals surface area contributed by atoms with E-state index in [1.807, 2.05) is 0 Å². The molecule has 1 N–H and O–H groups in total. The molecule has 0 bridgehead atoms. The van der Waals surface area contributed by atoms with E-state index in [0.29, 0.717) is 6.42 Å². The fraction of sp³-hybridized carbons (Fsp3) is 0.906. The van der Waals surface area contributed by atoms with Crippen molar-refractivity contribution in [3.05, 3.63) is 11.9 Å². The maximum Gasteiger partial charge on any atom is 0.333 e. The highest BCUT2D eigenvalue weighted by atomic mass is 19.1. The van der Waals surface area contributed by atoms with Gasteiger partial charge in [0.25, 0.3) is 0 Å². The van der Waals surface area contributed by atoms with Crippen LogP contribution in [0, 0.1) is 0 Å². The van der Waals surface area contributed by atoms with Gasteiger partial charge in [-0.25, -0.2) is 13.9 Å². The molecule has 0 aromatic carbocycles. The van der Waals surface area contributed by atoms with Crippen LogP contribution in [0.3, 0.4) is 0 Å². The molecule has 0 unspecified atom stereocenters. The summed E-state index contributed by atoms with van der Waals surface area (Å²) in [6.45, 7) is 6.34. The summed E-state index contributed by atoms with van der Waals surface area (Å²) in [5, 5.41) is 19.0. The van der Waals surface area contributed by atoms with Crippen molar-refractivity contribution in [3.63, 3.8) is 0 Å². The van der Waals surface area contributed by atoms with Gasteiger partial charge in [-0.15, -0.1) is 5.10 Å². The average Bonchev–Trinajstić information content (AvgIpc) is 3.39. The highest BCUT2D eigenvalue weighted by Gasteiger charge is 2.36. The molecule has 0 saturated carbocycles. The Balaban J connectivity index is 2.37. The molecule has 1 aromatic rings. The molecule has 3 atom stereocenters. The first-order valence-electron chi connectivity index (χ1n) is 16.4. The normalized spacial score (nSPS) is 13.9. The molecular weight excluding hydrogens is 493 g/mol. The number of alkyl halides is 1. The number of aryl methyl sites for hydroxylation is 1. The van der Waals surface area contributed by atoms with Gasteiger partial charge < -0.3 is 9.84 Å². The number of rotatable bonds is 27. The molecule has 0 radical (unpaired) electrons. The fourth-order valence-corrected chi connectivity index (χ4v) is 5.18. The van der Waals surface area contributed by atoms with Crippen LogP contribution in [0.1, 0.15) is 167 Å². The van der Waals surface area contributed by atoms with E-state index >= 15 is 4.39 Å². The number of aliphatic hydroxyl groups is 1. The van der Waals surface area contributed by atoms with Gasteiger partial charge in [-0.3, -0.25) is 0 Å². The third-order valence-corrected chi connectivity index (χ3v) is 7.68. The third-order valence-electron chi connectivity index (χ3n) is 7.68. The molecule has 0 aliphatic heterocycles. The van der Waals surface area contributed by atoms with E-state index in [9.17, 15) is 9.90 Å². The van der Waals surface area contributed by atoms with Crippen LogP contribution in [0.2, 0.25) is 0 Å². The first-order chi connectivity index (χ1) is 19.0. The zero-order valence-corrected chi connectivity index (χ0v) is 25.6. The maximum absolute atomic E-state index is 15.0. The first-order valence-corrected chi connectivity index (χ1v) is 16.4. The number of ether oxygens (including phenoxy) is 1. The number of carbonyl (C=O) groups excluding carboxylic acids is 1. The molecule has 1 rings (SSSR count). The lowest BCUT2D eigenvalue weighted by Crippen LogP contribution is -2.39. The third kappa shape index (κ3) is 17.0. The van der Waals surface area contributed by atoms with Crippen LogP contribution in [0.4, 0.5) is 4.39 Å². The number of aromatic nitrogens is 3. The Hall–Kier alpha value is -1.50. The summed E-state index contributed by atoms with van der Waals surface area (Å²) >= 11 is 0. The Morgan fingerprint density at radius 3 is 1.74 bits per heavy atom. The minimum atomic E-state index is -1.51. The Labute approximate surface area is 238 Å². The lowest BCUT2D eigenvalue weighted by Gasteiger charge is -2.24. The standard InChI is InChI=1S/C32H60FN3O3/c1-4-7-9-11-13-15-16-17-18-20-22-24-26-29(33)31(37)30(32(38)39-6-3)36-27-28(34-35-36)25-23-21-19-14-12-10-8-5-2/h27,29-31,37H,4-26H2,1-3H3/t29-,30-,31-/m0/s1. The summed E-state index contributed by atoms with van der Waals surface area (Å²) in [7, 11) is 0. The van der Waals surface area contributed by atoms with Crippen molar-refractivity contribution < 1.29 is 19.0 Å². The van der Waals surface area contributed by atoms with Gasteiger partial charge in [0.1, 0.15) is 12.3 Å². The van der Waals surface area contributed by atoms with E-state index in [1.54, 1.807) is 13.1 Å². The van der Waals surface area contributed by atoms with Gasteiger partial charge in [0.15, 0.2) is 6.04 Å². The van der Waals surface area contributed by atoms with E-state index in [0.717, 1.165) is 37.8 Å². The number of nitrogens with zero attached hydrogens (tertiary/aromatic N) is 3. The molecule has 7 heteroatoms. The Morgan fingerprint density at radius 1 is 0.795 bits per heavy atom. The highest BCUT2D eigenvalue weighted by molar-refractivity contribution is 5.75. The second-order valence-electron chi connectivity index (χ2n) is 11.3. The van der Waals surface area contributed by atoms with Crippen molar-refractivity contribution in [1.82, 2.24) is 15.0 Å². The molecule has 0 aliphatic rings. The average molecular weight is 554 g/mol. The molecule has 0 fully saturated rings. The highest BCUT2D eigenvalue weighted by Crippen LogP contribution is 2.23. The van der Waals surface area contributed by atoms with E-state index in [2.05, 4.69) is 24.2 Å². The first kappa shape index (κ1) is 35.5. The predicted molar refractivity (Wildman–Crippen MR) is 159 cm³/mol. The maximum atomic E-state index is 15.0. The quantitative estimate of drug-likeness (QED) is 0.0869. The second-order valence-corrected chi connectivity index (χ2v) is 11.3. The van der Waals surface area contributed by atoms with Gasteiger partial charge in [-0.05, 0) is 26.2 Å². The minimum absolute atomic E-state index is 0.164. The number of carbonyl (C=O) groups is 1. The van der Waals surface area contributed by atoms with E-state index in [4.69, 9.17) is 4.74 Å². The monoisotopic (exact) mass is 553 g/mol. The predicted octanol–water partition coefficient (Wildman–Crippen LogP) is 8.86. The zero-order chi connectivity index (χ0) is 28.6. The Kier molecular flexibility index (Phi) is 22.1. The number of unbranched alkanes of at least 4 members (excludes halogenated alkanes) is 18. The van der Waals surface area contributed by atoms with Crippen molar-refractivity contribution in [2.75, 3.05) is 6.61 Å². The Morgan fingerprint density at radius 2 is 1.26 bits per heavy atom. The topological polar surface area (TPSA) is 77.2 Å². The van der Waals surface area contributed by atoms with Crippen LogP contribution in [-0.4, -0.2) is 45.0 Å². The molecule has 0 aliphatic carbocycles. The van der Waals surface area contributed by atoms with Crippen LogP contribution in [0.15, 0.2) is 6.20 Å². The lowest BCUT2D eigenvalue weighted by atomic mass is 10.00. The van der Waals surface area contributed by atoms with Crippen LogP contribution < -0.4 is 0 Å². The number of esters is 1. The Bertz CT molecular complexity index is 700. The van der Waals surface area contributed by atoms with Gasteiger partial charge >= 0.3 is 5.97 Å². The number of hydrogen-bond acceptors (Lipinski definition) is 5. The molecule has 228 valence electrons. The summed E-state index contributed by atoms with van der Waals surface area (Å²) in [4.78, 5) is 12.6. The van der Waals surface area contributed by atoms with Gasteiger partial charge in [-0.1, -0.05) is 141 Å². The minimum Gasteiger partial charge on any atom is -0.464 e. The SMILES string of the molecule is CCCCCCCCCCCCCC[C@H](F)[C@H](O)[C@@H](C(=O)OCC)n1cc(CCCCCCCCCC)nn1. The zero-order valence-electron chi connectivity index (χ0n) is 25.6. The summed E-state index contributed by atoms with van der Waals surface area (Å²) in [6, 6.07) is -1.21. The largest absolute Gasteiger partial charge is 0.464 e. The van der Waals surface area contributed by atoms with Crippen LogP contribution >= 0.6 is 0 Å². The summed E-state index contributed by atoms with van der Waals surface area (Å²) in [5.41, 5.74) is 0.763. The smallest absolute Gasteiger partial charge is 0.333 e. The summed E-state index contributed by atoms with van der Waals surface area (Å²) in [6.07, 6.45) is 23.9. The van der Waals surface area contributed by atoms with Crippen molar-refractivity contribution in [3.8, 4) is 0 Å². The number of hydrogen-bond donors (Lipinski definition) is 1. The fourth-order valence-electron chi connectivity index (χ4n) is 5.18. The molecule has 1 aromatic heterocycles. The lowest BCUT2D eigenvalue weighted by molar-refractivity contribution is -0.153. The van der Waals surface area contributed by atoms with Crippen molar-refractivity contribution in [2.24, 2.45) is 0 Å². The van der Waals surface area contributed by atoms with E-state index in [-0.39, 0.29) is 13.0 Å². The van der Waals surface area contributed by atoms with Crippen LogP contribution in [0.5, 0.6) is 0 Å². The van der Waals surface area contributed by atoms with Crippen LogP contribution in [-0.2, 0) is 16.0 Å². The van der Waals surface area contributed by atoms with Gasteiger partial charge in [0, 0.05) is 6.20 Å². The molecule has 0 amide bonds. The van der Waals surface area contributed by atoms with Gasteiger partial charge in [0.2, 0.25) is 0 Å².